The van der Waals surface area contributed by atoms with Crippen LogP contribution in [0.5, 0.6) is 0 Å². The number of hydrogen-bond acceptors (Lipinski definition) is 3. The maximum atomic E-state index is 10.9. The molecular formula is C17H34O2S. The summed E-state index contributed by atoms with van der Waals surface area (Å²) in [5.74, 6) is 0.845. The van der Waals surface area contributed by atoms with Gasteiger partial charge >= 0.3 is 5.97 Å². The van der Waals surface area contributed by atoms with E-state index in [1.54, 1.807) is 0 Å². The highest BCUT2D eigenvalue weighted by atomic mass is 32.2. The van der Waals surface area contributed by atoms with E-state index in [-0.39, 0.29) is 5.97 Å². The zero-order valence-electron chi connectivity index (χ0n) is 13.6. The lowest BCUT2D eigenvalue weighted by molar-refractivity contribution is -0.132. The van der Waals surface area contributed by atoms with Crippen LogP contribution in [0.1, 0.15) is 97.3 Å². The molecule has 0 saturated heterocycles. The Hall–Kier alpha value is -0.180. The predicted octanol–water partition coefficient (Wildman–Crippen LogP) is 6.29. The Kier molecular flexibility index (Phi) is 16.7. The molecule has 0 amide bonds. The molecule has 0 aliphatic rings. The van der Waals surface area contributed by atoms with Crippen LogP contribution in [0.15, 0.2) is 0 Å². The van der Waals surface area contributed by atoms with Gasteiger partial charge in [-0.15, -0.1) is 0 Å². The first-order chi connectivity index (χ1) is 9.81. The minimum atomic E-state index is -0.103. The number of unbranched alkanes of at least 4 members (excludes halogenated alkanes) is 11. The van der Waals surface area contributed by atoms with Gasteiger partial charge in [-0.2, -0.15) is 0 Å². The Labute approximate surface area is 130 Å². The monoisotopic (exact) mass is 302 g/mol. The molecule has 0 aromatic heterocycles. The number of carbonyl (C=O) groups is 1. The third kappa shape index (κ3) is 15.9. The largest absolute Gasteiger partial charge is 0.391 e. The number of carbonyl (C=O) groups excluding carboxylic acids is 1. The summed E-state index contributed by atoms with van der Waals surface area (Å²) in [4.78, 5) is 10.9. The lowest BCUT2D eigenvalue weighted by Gasteiger charge is -2.03. The van der Waals surface area contributed by atoms with E-state index < -0.39 is 0 Å². The SMILES string of the molecule is CCCCCCCCCCCCCCSOC(=O)CC. The highest BCUT2D eigenvalue weighted by Crippen LogP contribution is 2.13. The van der Waals surface area contributed by atoms with Gasteiger partial charge in [0.1, 0.15) is 0 Å². The summed E-state index contributed by atoms with van der Waals surface area (Å²) < 4.78 is 4.97. The molecule has 2 nitrogen and oxygen atoms in total. The summed E-state index contributed by atoms with van der Waals surface area (Å²) in [6, 6.07) is 0. The van der Waals surface area contributed by atoms with Crippen molar-refractivity contribution in [3.05, 3.63) is 0 Å². The minimum absolute atomic E-state index is 0.103. The summed E-state index contributed by atoms with van der Waals surface area (Å²) in [5, 5.41) is 0. The van der Waals surface area contributed by atoms with Crippen molar-refractivity contribution in [3.8, 4) is 0 Å². The zero-order valence-corrected chi connectivity index (χ0v) is 14.4. The molecule has 0 N–H and O–H groups in total. The average molecular weight is 303 g/mol. The standard InChI is InChI=1S/C17H34O2S/c1-3-5-6-7-8-9-10-11-12-13-14-15-16-20-19-17(18)4-2/h3-16H2,1-2H3. The van der Waals surface area contributed by atoms with Gasteiger partial charge in [0.2, 0.25) is 0 Å². The second kappa shape index (κ2) is 16.9. The average Bonchev–Trinajstić information content (AvgIpc) is 2.47. The molecule has 0 bridgehead atoms. The second-order valence-corrected chi connectivity index (χ2v) is 6.33. The number of rotatable bonds is 15. The van der Waals surface area contributed by atoms with Crippen LogP contribution in [-0.2, 0) is 8.98 Å². The van der Waals surface area contributed by atoms with E-state index in [0.717, 1.165) is 5.75 Å². The fraction of sp³-hybridized carbons (Fsp3) is 0.941. The van der Waals surface area contributed by atoms with Crippen LogP contribution in [0.4, 0.5) is 0 Å². The molecule has 0 fully saturated rings. The van der Waals surface area contributed by atoms with Crippen LogP contribution in [0.2, 0.25) is 0 Å². The van der Waals surface area contributed by atoms with E-state index in [2.05, 4.69) is 6.92 Å². The summed E-state index contributed by atoms with van der Waals surface area (Å²) in [6.45, 7) is 4.10. The molecule has 0 aliphatic carbocycles. The van der Waals surface area contributed by atoms with Gasteiger partial charge in [-0.3, -0.25) is 4.79 Å². The van der Waals surface area contributed by atoms with E-state index in [0.29, 0.717) is 6.42 Å². The Morgan fingerprint density at radius 2 is 1.20 bits per heavy atom. The molecule has 120 valence electrons. The van der Waals surface area contributed by atoms with E-state index in [4.69, 9.17) is 4.18 Å². The molecule has 0 aliphatic heterocycles. The van der Waals surface area contributed by atoms with Crippen LogP contribution in [0, 0.1) is 0 Å². The lowest BCUT2D eigenvalue weighted by Crippen LogP contribution is -1.96. The molecular weight excluding hydrogens is 268 g/mol. The van der Waals surface area contributed by atoms with Crippen LogP contribution in [0.25, 0.3) is 0 Å². The summed E-state index contributed by atoms with van der Waals surface area (Å²) >= 11 is 1.32. The molecule has 0 heterocycles. The molecule has 20 heavy (non-hydrogen) atoms. The van der Waals surface area contributed by atoms with Crippen LogP contribution < -0.4 is 0 Å². The van der Waals surface area contributed by atoms with Gasteiger partial charge in [-0.25, -0.2) is 0 Å². The van der Waals surface area contributed by atoms with Crippen LogP contribution in [-0.4, -0.2) is 11.7 Å². The Balaban J connectivity index is 2.97. The molecule has 3 heteroatoms. The molecule has 0 saturated carbocycles. The van der Waals surface area contributed by atoms with Crippen molar-refractivity contribution in [2.24, 2.45) is 0 Å². The van der Waals surface area contributed by atoms with E-state index in [9.17, 15) is 4.79 Å². The van der Waals surface area contributed by atoms with E-state index >= 15 is 0 Å². The normalized spacial score (nSPS) is 10.7. The number of hydrogen-bond donors (Lipinski definition) is 0. The lowest BCUT2D eigenvalue weighted by atomic mass is 10.1. The topological polar surface area (TPSA) is 26.3 Å². The van der Waals surface area contributed by atoms with E-state index in [1.807, 2.05) is 6.92 Å². The molecule has 0 aromatic rings. The van der Waals surface area contributed by atoms with Crippen molar-refractivity contribution in [1.82, 2.24) is 0 Å². The minimum Gasteiger partial charge on any atom is -0.391 e. The van der Waals surface area contributed by atoms with Gasteiger partial charge < -0.3 is 4.18 Å². The second-order valence-electron chi connectivity index (χ2n) is 5.52. The molecule has 0 rings (SSSR count). The first-order valence-corrected chi connectivity index (χ1v) is 9.54. The smallest absolute Gasteiger partial charge is 0.317 e. The summed E-state index contributed by atoms with van der Waals surface area (Å²) in [6.07, 6.45) is 16.9. The third-order valence-electron chi connectivity index (χ3n) is 3.52. The molecule has 0 atom stereocenters. The Morgan fingerprint density at radius 3 is 1.65 bits per heavy atom. The Bertz CT molecular complexity index is 207. The first kappa shape index (κ1) is 19.8. The Morgan fingerprint density at radius 1 is 0.750 bits per heavy atom. The van der Waals surface area contributed by atoms with E-state index in [1.165, 1.54) is 89.1 Å². The van der Waals surface area contributed by atoms with Crippen molar-refractivity contribution >= 4 is 18.0 Å². The maximum Gasteiger partial charge on any atom is 0.317 e. The fourth-order valence-corrected chi connectivity index (χ4v) is 2.82. The summed E-state index contributed by atoms with van der Waals surface area (Å²) in [5.41, 5.74) is 0. The first-order valence-electron chi connectivity index (χ1n) is 8.63. The third-order valence-corrected chi connectivity index (χ3v) is 4.28. The fourth-order valence-electron chi connectivity index (χ4n) is 2.17. The molecule has 0 aromatic carbocycles. The van der Waals surface area contributed by atoms with Crippen LogP contribution >= 0.6 is 12.0 Å². The van der Waals surface area contributed by atoms with Gasteiger partial charge in [0.15, 0.2) is 0 Å². The van der Waals surface area contributed by atoms with Gasteiger partial charge in [0.05, 0.1) is 12.0 Å². The van der Waals surface area contributed by atoms with Gasteiger partial charge in [-0.05, 0) is 6.42 Å². The van der Waals surface area contributed by atoms with Crippen molar-refractivity contribution in [2.75, 3.05) is 5.75 Å². The van der Waals surface area contributed by atoms with Crippen molar-refractivity contribution < 1.29 is 8.98 Å². The van der Waals surface area contributed by atoms with Gasteiger partial charge in [-0.1, -0.05) is 84.5 Å². The summed E-state index contributed by atoms with van der Waals surface area (Å²) in [7, 11) is 0. The zero-order chi connectivity index (χ0) is 14.9. The molecule has 0 unspecified atom stereocenters. The maximum absolute atomic E-state index is 10.9. The highest BCUT2D eigenvalue weighted by molar-refractivity contribution is 7.95. The molecule has 0 spiro atoms. The van der Waals surface area contributed by atoms with Crippen molar-refractivity contribution in [3.63, 3.8) is 0 Å². The van der Waals surface area contributed by atoms with Gasteiger partial charge in [0.25, 0.3) is 0 Å². The predicted molar refractivity (Wildman–Crippen MR) is 89.9 cm³/mol. The van der Waals surface area contributed by atoms with Gasteiger partial charge in [0, 0.05) is 12.2 Å². The van der Waals surface area contributed by atoms with Crippen LogP contribution in [0.3, 0.4) is 0 Å². The quantitative estimate of drug-likeness (QED) is 0.263. The molecule has 0 radical (unpaired) electrons. The van der Waals surface area contributed by atoms with Crippen molar-refractivity contribution in [2.45, 2.75) is 97.3 Å². The highest BCUT2D eigenvalue weighted by Gasteiger charge is 1.98. The van der Waals surface area contributed by atoms with Crippen molar-refractivity contribution in [1.29, 1.82) is 0 Å².